The molecule has 0 bridgehead atoms. The van der Waals surface area contributed by atoms with E-state index in [0.717, 1.165) is 45.6 Å². The highest BCUT2D eigenvalue weighted by Gasteiger charge is 2.14. The van der Waals surface area contributed by atoms with Crippen LogP contribution in [0.5, 0.6) is 0 Å². The van der Waals surface area contributed by atoms with E-state index in [4.69, 9.17) is 5.84 Å². The maximum absolute atomic E-state index is 5.42. The fourth-order valence-electron chi connectivity index (χ4n) is 1.53. The van der Waals surface area contributed by atoms with Gasteiger partial charge in [-0.2, -0.15) is 0 Å². The number of nitrogens with one attached hydrogen (secondary N) is 2. The van der Waals surface area contributed by atoms with Crippen molar-refractivity contribution in [2.75, 3.05) is 39.8 Å². The fraction of sp³-hybridized carbons (Fsp3) is 0.900. The van der Waals surface area contributed by atoms with Crippen molar-refractivity contribution in [3.8, 4) is 0 Å². The van der Waals surface area contributed by atoms with Crippen LogP contribution < -0.4 is 16.7 Å². The minimum Gasteiger partial charge on any atom is -0.304 e. The molecule has 0 aromatic rings. The molecular weight excluding hydrogens is 204 g/mol. The number of guanidine groups is 1. The Hall–Kier alpha value is -0.850. The van der Waals surface area contributed by atoms with Crippen LogP contribution in [0, 0.1) is 0 Å². The second kappa shape index (κ2) is 7.43. The lowest BCUT2D eigenvalue weighted by Gasteiger charge is -2.33. The van der Waals surface area contributed by atoms with Crippen LogP contribution in [-0.4, -0.2) is 55.6 Å². The van der Waals surface area contributed by atoms with Crippen molar-refractivity contribution < 1.29 is 0 Å². The van der Waals surface area contributed by atoms with Crippen molar-refractivity contribution in [1.29, 1.82) is 0 Å². The molecule has 1 fully saturated rings. The van der Waals surface area contributed by atoms with Gasteiger partial charge in [0.15, 0.2) is 0 Å². The maximum Gasteiger partial charge on any atom is 0.220 e. The third-order valence-corrected chi connectivity index (χ3v) is 2.69. The molecule has 0 radical (unpaired) electrons. The van der Waals surface area contributed by atoms with Crippen LogP contribution in [-0.2, 0) is 0 Å². The molecule has 1 rings (SSSR count). The zero-order valence-electron chi connectivity index (χ0n) is 10.4. The molecule has 6 heteroatoms. The quantitative estimate of drug-likeness (QED) is 0.196. The molecule has 1 aliphatic heterocycles. The Bertz CT molecular complexity index is 209. The van der Waals surface area contributed by atoms with E-state index in [1.807, 2.05) is 0 Å². The standard InChI is InChI=1S/C10H24N6/c1-3-4-5-12-10(13-11)14-16-8-6-15(2)7-9-16/h3-9,11H2,1-2H3,(H2,12,13,14). The summed E-state index contributed by atoms with van der Waals surface area (Å²) < 4.78 is 0. The lowest BCUT2D eigenvalue weighted by Crippen LogP contribution is -2.56. The molecule has 0 aliphatic carbocycles. The molecule has 0 spiro atoms. The van der Waals surface area contributed by atoms with Gasteiger partial charge in [-0.05, 0) is 13.5 Å². The minimum atomic E-state index is 0.665. The first-order valence-electron chi connectivity index (χ1n) is 5.97. The minimum absolute atomic E-state index is 0.665. The van der Waals surface area contributed by atoms with Crippen molar-refractivity contribution >= 4 is 5.96 Å². The number of hydrazine groups is 2. The van der Waals surface area contributed by atoms with Gasteiger partial charge in [-0.15, -0.1) is 0 Å². The van der Waals surface area contributed by atoms with Gasteiger partial charge in [0.05, 0.1) is 0 Å². The van der Waals surface area contributed by atoms with E-state index in [1.165, 1.54) is 0 Å². The maximum atomic E-state index is 5.42. The second-order valence-electron chi connectivity index (χ2n) is 4.13. The predicted octanol–water partition coefficient (Wildman–Crippen LogP) is -0.642. The fourth-order valence-corrected chi connectivity index (χ4v) is 1.53. The molecule has 0 saturated carbocycles. The van der Waals surface area contributed by atoms with E-state index in [-0.39, 0.29) is 0 Å². The number of hydrogen-bond acceptors (Lipinski definition) is 4. The molecule has 0 unspecified atom stereocenters. The highest BCUT2D eigenvalue weighted by Crippen LogP contribution is 1.95. The van der Waals surface area contributed by atoms with Crippen LogP contribution in [0.25, 0.3) is 0 Å². The lowest BCUT2D eigenvalue weighted by atomic mass is 10.3. The van der Waals surface area contributed by atoms with E-state index in [1.54, 1.807) is 0 Å². The van der Waals surface area contributed by atoms with Crippen LogP contribution >= 0.6 is 0 Å². The summed E-state index contributed by atoms with van der Waals surface area (Å²) in [6.07, 6.45) is 2.24. The van der Waals surface area contributed by atoms with Gasteiger partial charge in [-0.3, -0.25) is 15.8 Å². The zero-order chi connectivity index (χ0) is 11.8. The smallest absolute Gasteiger partial charge is 0.220 e. The number of rotatable bonds is 4. The number of hydrogen-bond donors (Lipinski definition) is 3. The van der Waals surface area contributed by atoms with Gasteiger partial charge in [0.25, 0.3) is 0 Å². The Morgan fingerprint density at radius 1 is 1.31 bits per heavy atom. The Kier molecular flexibility index (Phi) is 6.14. The summed E-state index contributed by atoms with van der Waals surface area (Å²) in [6.45, 7) is 7.09. The monoisotopic (exact) mass is 228 g/mol. The van der Waals surface area contributed by atoms with Crippen molar-refractivity contribution in [3.63, 3.8) is 0 Å². The van der Waals surface area contributed by atoms with Crippen LogP contribution in [0.3, 0.4) is 0 Å². The number of aliphatic imine (C=N–C) groups is 1. The van der Waals surface area contributed by atoms with Crippen LogP contribution in [0.1, 0.15) is 19.8 Å². The first-order chi connectivity index (χ1) is 7.76. The van der Waals surface area contributed by atoms with E-state index in [9.17, 15) is 0 Å². The second-order valence-corrected chi connectivity index (χ2v) is 4.13. The molecule has 0 aromatic heterocycles. The average Bonchev–Trinajstić information content (AvgIpc) is 2.31. The van der Waals surface area contributed by atoms with Crippen LogP contribution in [0.15, 0.2) is 4.99 Å². The normalized spacial score (nSPS) is 19.8. The SMILES string of the molecule is CCCCN=C(NN)NN1CCN(C)CC1. The summed E-state index contributed by atoms with van der Waals surface area (Å²) in [7, 11) is 2.13. The molecule has 4 N–H and O–H groups in total. The molecule has 1 saturated heterocycles. The van der Waals surface area contributed by atoms with Crippen LogP contribution in [0.4, 0.5) is 0 Å². The predicted molar refractivity (Wildman–Crippen MR) is 66.7 cm³/mol. The molecule has 16 heavy (non-hydrogen) atoms. The third kappa shape index (κ3) is 4.78. The van der Waals surface area contributed by atoms with Gasteiger partial charge >= 0.3 is 0 Å². The Labute approximate surface area is 97.8 Å². The summed E-state index contributed by atoms with van der Waals surface area (Å²) in [5.41, 5.74) is 5.81. The van der Waals surface area contributed by atoms with Gasteiger partial charge in [0.1, 0.15) is 0 Å². The zero-order valence-corrected chi connectivity index (χ0v) is 10.4. The van der Waals surface area contributed by atoms with Gasteiger partial charge in [-0.25, -0.2) is 10.9 Å². The molecule has 0 aromatic carbocycles. The van der Waals surface area contributed by atoms with Gasteiger partial charge in [0.2, 0.25) is 5.96 Å². The van der Waals surface area contributed by atoms with E-state index >= 15 is 0 Å². The molecule has 94 valence electrons. The van der Waals surface area contributed by atoms with E-state index in [2.05, 4.69) is 39.7 Å². The summed E-state index contributed by atoms with van der Waals surface area (Å²) in [4.78, 5) is 6.67. The number of nitrogens with zero attached hydrogens (tertiary/aromatic N) is 3. The number of piperazine rings is 1. The average molecular weight is 228 g/mol. The molecule has 0 amide bonds. The van der Waals surface area contributed by atoms with Gasteiger partial charge < -0.3 is 4.90 Å². The Morgan fingerprint density at radius 2 is 2.00 bits per heavy atom. The van der Waals surface area contributed by atoms with Crippen molar-refractivity contribution in [2.24, 2.45) is 10.8 Å². The summed E-state index contributed by atoms with van der Waals surface area (Å²) in [6, 6.07) is 0. The molecule has 6 nitrogen and oxygen atoms in total. The summed E-state index contributed by atoms with van der Waals surface area (Å²) in [5.74, 6) is 6.08. The first kappa shape index (κ1) is 13.2. The van der Waals surface area contributed by atoms with Gasteiger partial charge in [0, 0.05) is 32.7 Å². The van der Waals surface area contributed by atoms with Gasteiger partial charge in [-0.1, -0.05) is 13.3 Å². The molecular formula is C10H24N6. The highest BCUT2D eigenvalue weighted by molar-refractivity contribution is 5.78. The molecule has 1 aliphatic rings. The third-order valence-electron chi connectivity index (χ3n) is 2.69. The van der Waals surface area contributed by atoms with Crippen LogP contribution in [0.2, 0.25) is 0 Å². The first-order valence-corrected chi connectivity index (χ1v) is 5.97. The van der Waals surface area contributed by atoms with Crippen molar-refractivity contribution in [2.45, 2.75) is 19.8 Å². The molecule has 0 atom stereocenters. The Balaban J connectivity index is 2.29. The van der Waals surface area contributed by atoms with Crippen molar-refractivity contribution in [3.05, 3.63) is 0 Å². The van der Waals surface area contributed by atoms with Crippen molar-refractivity contribution in [1.82, 2.24) is 20.8 Å². The number of unbranched alkanes of at least 4 members (excludes halogenated alkanes) is 1. The Morgan fingerprint density at radius 3 is 2.56 bits per heavy atom. The topological polar surface area (TPSA) is 68.9 Å². The lowest BCUT2D eigenvalue weighted by molar-refractivity contribution is 0.129. The highest BCUT2D eigenvalue weighted by atomic mass is 15.6. The number of nitrogens with two attached hydrogens (primary N) is 1. The van der Waals surface area contributed by atoms with E-state index in [0.29, 0.717) is 5.96 Å². The largest absolute Gasteiger partial charge is 0.304 e. The number of likely N-dealkylation sites (N-methyl/N-ethyl adjacent to an activating group) is 1. The molecule has 1 heterocycles. The summed E-state index contributed by atoms with van der Waals surface area (Å²) >= 11 is 0. The summed E-state index contributed by atoms with van der Waals surface area (Å²) in [5, 5.41) is 2.14. The van der Waals surface area contributed by atoms with E-state index < -0.39 is 0 Å².